The minimum Gasteiger partial charge on any atom is -0.497 e. The lowest BCUT2D eigenvalue weighted by atomic mass is 9.94. The number of nitrogens with zero attached hydrogens (tertiary/aromatic N) is 1. The molecule has 1 aliphatic rings. The van der Waals surface area contributed by atoms with E-state index in [2.05, 4.69) is 17.0 Å². The fourth-order valence-electron chi connectivity index (χ4n) is 2.10. The Morgan fingerprint density at radius 1 is 1.53 bits per heavy atom. The molecule has 1 aromatic rings. The highest BCUT2D eigenvalue weighted by Gasteiger charge is 2.28. The monoisotopic (exact) mass is 206 g/mol. The number of hydrogen-bond acceptors (Lipinski definition) is 3. The van der Waals surface area contributed by atoms with Crippen molar-refractivity contribution in [2.75, 3.05) is 26.7 Å². The van der Waals surface area contributed by atoms with E-state index < -0.39 is 0 Å². The van der Waals surface area contributed by atoms with Crippen molar-refractivity contribution in [2.24, 2.45) is 5.73 Å². The number of likely N-dealkylation sites (tertiary alicyclic amines) is 1. The molecule has 0 aliphatic carbocycles. The summed E-state index contributed by atoms with van der Waals surface area (Å²) in [6.45, 7) is 2.89. The number of rotatable bonds is 4. The molecule has 0 amide bonds. The number of methoxy groups -OCH3 is 1. The van der Waals surface area contributed by atoms with Crippen LogP contribution < -0.4 is 10.5 Å². The third-order valence-electron chi connectivity index (χ3n) is 3.03. The zero-order chi connectivity index (χ0) is 10.7. The van der Waals surface area contributed by atoms with Crippen molar-refractivity contribution in [3.8, 4) is 5.75 Å². The van der Waals surface area contributed by atoms with Gasteiger partial charge < -0.3 is 10.5 Å². The Hall–Kier alpha value is -1.06. The van der Waals surface area contributed by atoms with Crippen LogP contribution in [-0.4, -0.2) is 31.6 Å². The summed E-state index contributed by atoms with van der Waals surface area (Å²) in [4.78, 5) is 2.41. The minimum atomic E-state index is 0.545. The predicted octanol–water partition coefficient (Wildman–Crippen LogP) is 1.40. The molecule has 82 valence electrons. The molecule has 3 nitrogen and oxygen atoms in total. The Morgan fingerprint density at radius 3 is 3.00 bits per heavy atom. The molecule has 1 unspecified atom stereocenters. The van der Waals surface area contributed by atoms with Crippen molar-refractivity contribution in [1.82, 2.24) is 4.90 Å². The first-order valence-electron chi connectivity index (χ1n) is 5.43. The highest BCUT2D eigenvalue weighted by Crippen LogP contribution is 2.33. The third-order valence-corrected chi connectivity index (χ3v) is 3.03. The van der Waals surface area contributed by atoms with Crippen molar-refractivity contribution in [1.29, 1.82) is 0 Å². The fraction of sp³-hybridized carbons (Fsp3) is 0.500. The first-order valence-corrected chi connectivity index (χ1v) is 5.43. The van der Waals surface area contributed by atoms with E-state index in [9.17, 15) is 0 Å². The van der Waals surface area contributed by atoms with Crippen LogP contribution in [0.3, 0.4) is 0 Å². The SMILES string of the molecule is COc1cccc(C2CCN2CCN)c1. The summed E-state index contributed by atoms with van der Waals surface area (Å²) in [5, 5.41) is 0. The average molecular weight is 206 g/mol. The van der Waals surface area contributed by atoms with Crippen LogP contribution in [0, 0.1) is 0 Å². The molecule has 0 radical (unpaired) electrons. The molecule has 2 rings (SSSR count). The van der Waals surface area contributed by atoms with E-state index in [1.807, 2.05) is 12.1 Å². The van der Waals surface area contributed by atoms with E-state index >= 15 is 0 Å². The second kappa shape index (κ2) is 4.64. The van der Waals surface area contributed by atoms with Gasteiger partial charge >= 0.3 is 0 Å². The van der Waals surface area contributed by atoms with E-state index in [0.717, 1.165) is 18.8 Å². The summed E-state index contributed by atoms with van der Waals surface area (Å²) in [7, 11) is 1.71. The van der Waals surface area contributed by atoms with Crippen LogP contribution >= 0.6 is 0 Å². The molecule has 1 heterocycles. The Balaban J connectivity index is 2.08. The van der Waals surface area contributed by atoms with Crippen LogP contribution in [0.15, 0.2) is 24.3 Å². The Morgan fingerprint density at radius 2 is 2.40 bits per heavy atom. The van der Waals surface area contributed by atoms with Crippen LogP contribution in [0.1, 0.15) is 18.0 Å². The van der Waals surface area contributed by atoms with Gasteiger partial charge in [-0.3, -0.25) is 4.90 Å². The highest BCUT2D eigenvalue weighted by atomic mass is 16.5. The largest absolute Gasteiger partial charge is 0.497 e. The Labute approximate surface area is 90.8 Å². The van der Waals surface area contributed by atoms with Crippen molar-refractivity contribution >= 4 is 0 Å². The van der Waals surface area contributed by atoms with Crippen LogP contribution in [0.4, 0.5) is 0 Å². The van der Waals surface area contributed by atoms with Gasteiger partial charge in [0.15, 0.2) is 0 Å². The van der Waals surface area contributed by atoms with Gasteiger partial charge in [-0.2, -0.15) is 0 Å². The summed E-state index contributed by atoms with van der Waals surface area (Å²) in [5.74, 6) is 0.937. The van der Waals surface area contributed by atoms with Gasteiger partial charge in [0.05, 0.1) is 7.11 Å². The van der Waals surface area contributed by atoms with Gasteiger partial charge in [-0.05, 0) is 24.1 Å². The number of benzene rings is 1. The maximum absolute atomic E-state index is 5.57. The number of nitrogens with two attached hydrogens (primary N) is 1. The number of ether oxygens (including phenoxy) is 1. The molecule has 2 N–H and O–H groups in total. The Kier molecular flexibility index (Phi) is 3.23. The van der Waals surface area contributed by atoms with E-state index in [1.165, 1.54) is 18.5 Å². The third kappa shape index (κ3) is 2.13. The van der Waals surface area contributed by atoms with E-state index in [4.69, 9.17) is 10.5 Å². The Bertz CT molecular complexity index is 327. The lowest BCUT2D eigenvalue weighted by molar-refractivity contribution is 0.0949. The van der Waals surface area contributed by atoms with Crippen molar-refractivity contribution < 1.29 is 4.74 Å². The zero-order valence-corrected chi connectivity index (χ0v) is 9.15. The first kappa shape index (κ1) is 10.5. The molecule has 1 saturated heterocycles. The molecule has 1 aromatic carbocycles. The molecule has 0 spiro atoms. The lowest BCUT2D eigenvalue weighted by Crippen LogP contribution is -2.43. The minimum absolute atomic E-state index is 0.545. The molecule has 1 aliphatic heterocycles. The molecular formula is C12H18N2O. The van der Waals surface area contributed by atoms with Crippen molar-refractivity contribution in [3.05, 3.63) is 29.8 Å². The van der Waals surface area contributed by atoms with E-state index in [-0.39, 0.29) is 0 Å². The summed E-state index contributed by atoms with van der Waals surface area (Å²) >= 11 is 0. The number of hydrogen-bond donors (Lipinski definition) is 1. The van der Waals surface area contributed by atoms with Crippen LogP contribution in [0.5, 0.6) is 5.75 Å². The summed E-state index contributed by atoms with van der Waals surface area (Å²) in [5.41, 5.74) is 6.91. The second-order valence-corrected chi connectivity index (χ2v) is 3.91. The maximum Gasteiger partial charge on any atom is 0.119 e. The first-order chi connectivity index (χ1) is 7.35. The van der Waals surface area contributed by atoms with Gasteiger partial charge in [-0.25, -0.2) is 0 Å². The molecule has 0 bridgehead atoms. The van der Waals surface area contributed by atoms with E-state index in [1.54, 1.807) is 7.11 Å². The highest BCUT2D eigenvalue weighted by molar-refractivity contribution is 5.31. The lowest BCUT2D eigenvalue weighted by Gasteiger charge is -2.41. The summed E-state index contributed by atoms with van der Waals surface area (Å²) in [6.07, 6.45) is 1.23. The van der Waals surface area contributed by atoms with Crippen LogP contribution in [0.2, 0.25) is 0 Å². The second-order valence-electron chi connectivity index (χ2n) is 3.91. The van der Waals surface area contributed by atoms with Gasteiger partial charge in [-0.1, -0.05) is 12.1 Å². The van der Waals surface area contributed by atoms with Gasteiger partial charge in [-0.15, -0.1) is 0 Å². The smallest absolute Gasteiger partial charge is 0.119 e. The normalized spacial score (nSPS) is 21.1. The van der Waals surface area contributed by atoms with Gasteiger partial charge in [0.1, 0.15) is 5.75 Å². The van der Waals surface area contributed by atoms with Gasteiger partial charge in [0, 0.05) is 25.7 Å². The van der Waals surface area contributed by atoms with Gasteiger partial charge in [0.2, 0.25) is 0 Å². The van der Waals surface area contributed by atoms with Crippen LogP contribution in [-0.2, 0) is 0 Å². The van der Waals surface area contributed by atoms with Gasteiger partial charge in [0.25, 0.3) is 0 Å². The fourth-order valence-corrected chi connectivity index (χ4v) is 2.10. The maximum atomic E-state index is 5.57. The van der Waals surface area contributed by atoms with E-state index in [0.29, 0.717) is 6.04 Å². The predicted molar refractivity (Wildman–Crippen MR) is 61.0 cm³/mol. The molecule has 0 aromatic heterocycles. The quantitative estimate of drug-likeness (QED) is 0.809. The molecule has 15 heavy (non-hydrogen) atoms. The standard InChI is InChI=1S/C12H18N2O/c1-15-11-4-2-3-10(9-11)12-5-7-14(12)8-6-13/h2-4,9,12H,5-8,13H2,1H3. The molecule has 1 atom stereocenters. The van der Waals surface area contributed by atoms with Crippen molar-refractivity contribution in [3.63, 3.8) is 0 Å². The molecule has 3 heteroatoms. The van der Waals surface area contributed by atoms with Crippen LogP contribution in [0.25, 0.3) is 0 Å². The zero-order valence-electron chi connectivity index (χ0n) is 9.15. The summed E-state index contributed by atoms with van der Waals surface area (Å²) in [6, 6.07) is 8.86. The molecular weight excluding hydrogens is 188 g/mol. The molecule has 0 saturated carbocycles. The molecule has 1 fully saturated rings. The average Bonchev–Trinajstić information content (AvgIpc) is 2.25. The van der Waals surface area contributed by atoms with Crippen molar-refractivity contribution in [2.45, 2.75) is 12.5 Å². The summed E-state index contributed by atoms with van der Waals surface area (Å²) < 4.78 is 5.23. The topological polar surface area (TPSA) is 38.5 Å².